The summed E-state index contributed by atoms with van der Waals surface area (Å²) in [6.45, 7) is 1.03. The predicted octanol–water partition coefficient (Wildman–Crippen LogP) is -0.680. The van der Waals surface area contributed by atoms with Crippen molar-refractivity contribution < 1.29 is 9.59 Å². The lowest BCUT2D eigenvalue weighted by Crippen LogP contribution is -2.35. The average Bonchev–Trinajstić information content (AvgIpc) is 3.00. The van der Waals surface area contributed by atoms with Gasteiger partial charge in [0.05, 0.1) is 17.9 Å². The largest absolute Gasteiger partial charge is 0.358 e. The molecule has 0 spiro atoms. The second-order valence-electron chi connectivity index (χ2n) is 4.24. The zero-order valence-electron chi connectivity index (χ0n) is 10.3. The van der Waals surface area contributed by atoms with Crippen LogP contribution in [-0.2, 0) is 16.1 Å². The number of hydrogen-bond donors (Lipinski definition) is 3. The Morgan fingerprint density at radius 3 is 3.11 bits per heavy atom. The van der Waals surface area contributed by atoms with E-state index < -0.39 is 0 Å². The van der Waals surface area contributed by atoms with Crippen molar-refractivity contribution in [3.8, 4) is 0 Å². The molecule has 1 aliphatic rings. The van der Waals surface area contributed by atoms with Crippen molar-refractivity contribution in [2.75, 3.05) is 18.9 Å². The van der Waals surface area contributed by atoms with Crippen LogP contribution in [0.2, 0.25) is 0 Å². The van der Waals surface area contributed by atoms with Gasteiger partial charge in [0.15, 0.2) is 0 Å². The molecule has 98 valence electrons. The van der Waals surface area contributed by atoms with Crippen LogP contribution in [-0.4, -0.2) is 41.2 Å². The number of amides is 2. The minimum atomic E-state index is -0.131. The number of nitrogens with one attached hydrogen (secondary N) is 3. The molecule has 0 aliphatic carbocycles. The van der Waals surface area contributed by atoms with Gasteiger partial charge >= 0.3 is 0 Å². The highest BCUT2D eigenvalue weighted by molar-refractivity contribution is 5.94. The summed E-state index contributed by atoms with van der Waals surface area (Å²) in [5, 5.41) is 12.4. The van der Waals surface area contributed by atoms with Crippen LogP contribution >= 0.6 is 0 Å². The number of hydrogen-bond acceptors (Lipinski definition) is 4. The third-order valence-electron chi connectivity index (χ3n) is 2.86. The van der Waals surface area contributed by atoms with Crippen molar-refractivity contribution in [2.45, 2.75) is 25.4 Å². The number of anilines is 1. The van der Waals surface area contributed by atoms with Crippen LogP contribution in [0.4, 0.5) is 5.69 Å². The smallest absolute Gasteiger partial charge is 0.241 e. The SMILES string of the molecule is CNC(=O)Cn1cc(NC(=O)[C@H]2CCCN2)cn1. The Hall–Kier alpha value is -1.89. The van der Waals surface area contributed by atoms with Crippen LogP contribution in [0.5, 0.6) is 0 Å². The summed E-state index contributed by atoms with van der Waals surface area (Å²) in [5.74, 6) is -0.180. The zero-order chi connectivity index (χ0) is 13.0. The van der Waals surface area contributed by atoms with Gasteiger partial charge in [0.2, 0.25) is 11.8 Å². The molecule has 1 aliphatic heterocycles. The molecule has 1 aromatic heterocycles. The molecule has 0 bridgehead atoms. The molecule has 1 aromatic rings. The Morgan fingerprint density at radius 2 is 2.44 bits per heavy atom. The van der Waals surface area contributed by atoms with E-state index in [0.717, 1.165) is 19.4 Å². The van der Waals surface area contributed by atoms with Crippen LogP contribution < -0.4 is 16.0 Å². The van der Waals surface area contributed by atoms with E-state index in [4.69, 9.17) is 0 Å². The Balaban J connectivity index is 1.89. The quantitative estimate of drug-likeness (QED) is 0.661. The molecule has 1 saturated heterocycles. The maximum Gasteiger partial charge on any atom is 0.241 e. The maximum atomic E-state index is 11.8. The zero-order valence-corrected chi connectivity index (χ0v) is 10.3. The Kier molecular flexibility index (Phi) is 3.93. The van der Waals surface area contributed by atoms with E-state index >= 15 is 0 Å². The van der Waals surface area contributed by atoms with Gasteiger partial charge in [-0.3, -0.25) is 14.3 Å². The van der Waals surface area contributed by atoms with Gasteiger partial charge in [-0.1, -0.05) is 0 Å². The molecule has 7 heteroatoms. The number of rotatable bonds is 4. The summed E-state index contributed by atoms with van der Waals surface area (Å²) in [6.07, 6.45) is 5.06. The van der Waals surface area contributed by atoms with Gasteiger partial charge in [0, 0.05) is 13.2 Å². The molecule has 7 nitrogen and oxygen atoms in total. The van der Waals surface area contributed by atoms with Crippen molar-refractivity contribution in [3.63, 3.8) is 0 Å². The van der Waals surface area contributed by atoms with E-state index in [1.165, 1.54) is 10.9 Å². The first-order valence-corrected chi connectivity index (χ1v) is 5.96. The van der Waals surface area contributed by atoms with Gasteiger partial charge in [0.1, 0.15) is 6.54 Å². The van der Waals surface area contributed by atoms with Crippen LogP contribution in [0.15, 0.2) is 12.4 Å². The number of nitrogens with zero attached hydrogens (tertiary/aromatic N) is 2. The predicted molar refractivity (Wildman–Crippen MR) is 65.9 cm³/mol. The lowest BCUT2D eigenvalue weighted by molar-refractivity contribution is -0.121. The van der Waals surface area contributed by atoms with Crippen LogP contribution in [0, 0.1) is 0 Å². The summed E-state index contributed by atoms with van der Waals surface area (Å²) in [4.78, 5) is 23.0. The van der Waals surface area contributed by atoms with Gasteiger partial charge < -0.3 is 16.0 Å². The first kappa shape index (κ1) is 12.6. The van der Waals surface area contributed by atoms with Crippen LogP contribution in [0.25, 0.3) is 0 Å². The highest BCUT2D eigenvalue weighted by atomic mass is 16.2. The summed E-state index contributed by atoms with van der Waals surface area (Å²) < 4.78 is 1.48. The third kappa shape index (κ3) is 3.07. The summed E-state index contributed by atoms with van der Waals surface area (Å²) in [5.41, 5.74) is 0.609. The number of carbonyl (C=O) groups is 2. The molecular formula is C11H17N5O2. The topological polar surface area (TPSA) is 88.0 Å². The first-order valence-electron chi connectivity index (χ1n) is 5.96. The fourth-order valence-electron chi connectivity index (χ4n) is 1.88. The van der Waals surface area contributed by atoms with E-state index in [-0.39, 0.29) is 24.4 Å². The van der Waals surface area contributed by atoms with Crippen molar-refractivity contribution >= 4 is 17.5 Å². The van der Waals surface area contributed by atoms with Gasteiger partial charge in [-0.25, -0.2) is 0 Å². The molecular weight excluding hydrogens is 234 g/mol. The van der Waals surface area contributed by atoms with Gasteiger partial charge in [-0.15, -0.1) is 0 Å². The fourth-order valence-corrected chi connectivity index (χ4v) is 1.88. The summed E-state index contributed by atoms with van der Waals surface area (Å²) in [6, 6.07) is -0.118. The van der Waals surface area contributed by atoms with E-state index in [1.54, 1.807) is 13.2 Å². The highest BCUT2D eigenvalue weighted by Gasteiger charge is 2.22. The molecule has 0 aromatic carbocycles. The van der Waals surface area contributed by atoms with Crippen LogP contribution in [0.3, 0.4) is 0 Å². The molecule has 0 radical (unpaired) electrons. The molecule has 2 rings (SSSR count). The average molecular weight is 251 g/mol. The van der Waals surface area contributed by atoms with Crippen molar-refractivity contribution in [3.05, 3.63) is 12.4 Å². The van der Waals surface area contributed by atoms with E-state index in [9.17, 15) is 9.59 Å². The molecule has 2 amide bonds. The Morgan fingerprint density at radius 1 is 1.61 bits per heavy atom. The van der Waals surface area contributed by atoms with Crippen molar-refractivity contribution in [1.82, 2.24) is 20.4 Å². The first-order chi connectivity index (χ1) is 8.69. The third-order valence-corrected chi connectivity index (χ3v) is 2.86. The molecule has 3 N–H and O–H groups in total. The van der Waals surface area contributed by atoms with E-state index in [1.807, 2.05) is 0 Å². The van der Waals surface area contributed by atoms with Gasteiger partial charge in [-0.05, 0) is 19.4 Å². The Bertz CT molecular complexity index is 436. The van der Waals surface area contributed by atoms with Crippen LogP contribution in [0.1, 0.15) is 12.8 Å². The molecule has 1 fully saturated rings. The number of carbonyl (C=O) groups excluding carboxylic acids is 2. The monoisotopic (exact) mass is 251 g/mol. The van der Waals surface area contributed by atoms with Gasteiger partial charge in [-0.2, -0.15) is 5.10 Å². The molecule has 1 atom stereocenters. The minimum absolute atomic E-state index is 0.0491. The molecule has 0 saturated carbocycles. The standard InChI is InChI=1S/C11H17N5O2/c1-12-10(17)7-16-6-8(5-14-16)15-11(18)9-3-2-4-13-9/h5-6,9,13H,2-4,7H2,1H3,(H,12,17)(H,15,18)/t9-/m1/s1. The summed E-state index contributed by atoms with van der Waals surface area (Å²) >= 11 is 0. The van der Waals surface area contributed by atoms with Crippen molar-refractivity contribution in [2.24, 2.45) is 0 Å². The Labute approximate surface area is 105 Å². The second kappa shape index (κ2) is 5.63. The normalized spacial score (nSPS) is 18.6. The minimum Gasteiger partial charge on any atom is -0.358 e. The van der Waals surface area contributed by atoms with Gasteiger partial charge in [0.25, 0.3) is 0 Å². The maximum absolute atomic E-state index is 11.8. The lowest BCUT2D eigenvalue weighted by atomic mass is 10.2. The number of likely N-dealkylation sites (N-methyl/N-ethyl adjacent to an activating group) is 1. The number of aromatic nitrogens is 2. The second-order valence-corrected chi connectivity index (χ2v) is 4.24. The molecule has 0 unspecified atom stereocenters. The highest BCUT2D eigenvalue weighted by Crippen LogP contribution is 2.10. The molecule has 2 heterocycles. The summed E-state index contributed by atoms with van der Waals surface area (Å²) in [7, 11) is 1.57. The lowest BCUT2D eigenvalue weighted by Gasteiger charge is -2.08. The van der Waals surface area contributed by atoms with E-state index in [2.05, 4.69) is 21.0 Å². The van der Waals surface area contributed by atoms with Crippen molar-refractivity contribution in [1.29, 1.82) is 0 Å². The fraction of sp³-hybridized carbons (Fsp3) is 0.545. The van der Waals surface area contributed by atoms with E-state index in [0.29, 0.717) is 5.69 Å². The molecule has 18 heavy (non-hydrogen) atoms.